The van der Waals surface area contributed by atoms with E-state index in [0.29, 0.717) is 18.2 Å². The molecule has 62 heavy (non-hydrogen) atoms. The number of benzene rings is 7. The van der Waals surface area contributed by atoms with Crippen molar-refractivity contribution < 1.29 is 25.8 Å². The van der Waals surface area contributed by atoms with Crippen LogP contribution in [0.3, 0.4) is 0 Å². The molecule has 0 fully saturated rings. The molecule has 0 bridgehead atoms. The first-order chi connectivity index (χ1) is 29.0. The minimum atomic E-state index is -0.114. The molecule has 1 aliphatic heterocycles. The number of allylic oxidation sites excluding steroid dienone is 1. The van der Waals surface area contributed by atoms with Crippen molar-refractivity contribution in [1.82, 2.24) is 14.1 Å². The number of imidazole rings is 1. The van der Waals surface area contributed by atoms with Gasteiger partial charge in [-0.15, -0.1) is 35.7 Å². The van der Waals surface area contributed by atoms with Gasteiger partial charge in [-0.2, -0.15) is 12.1 Å². The number of hydrogen-bond donors (Lipinski definition) is 0. The predicted octanol–water partition coefficient (Wildman–Crippen LogP) is 14.1. The van der Waals surface area contributed by atoms with Crippen molar-refractivity contribution in [1.29, 1.82) is 0 Å². The van der Waals surface area contributed by atoms with Crippen LogP contribution in [0.25, 0.3) is 55.6 Å². The number of para-hydroxylation sites is 4. The van der Waals surface area contributed by atoms with Crippen LogP contribution in [-0.4, -0.2) is 20.8 Å². The average Bonchev–Trinajstić information content (AvgIpc) is 3.97. The monoisotopic (exact) mass is 991 g/mol. The molecule has 0 unspecified atom stereocenters. The summed E-state index contributed by atoms with van der Waals surface area (Å²) in [5, 5.41) is 2.20. The summed E-state index contributed by atoms with van der Waals surface area (Å²) in [7, 11) is 0. The van der Waals surface area contributed by atoms with Gasteiger partial charge in [-0.3, -0.25) is 4.57 Å². The van der Waals surface area contributed by atoms with Crippen LogP contribution in [-0.2, 0) is 26.5 Å². The first-order valence-electron chi connectivity index (χ1n) is 20.7. The van der Waals surface area contributed by atoms with Crippen LogP contribution in [0.4, 0.5) is 11.4 Å². The molecule has 0 saturated carbocycles. The van der Waals surface area contributed by atoms with Gasteiger partial charge in [-0.05, 0) is 70.0 Å². The third-order valence-electron chi connectivity index (χ3n) is 11.4. The van der Waals surface area contributed by atoms with Gasteiger partial charge in [0.2, 0.25) is 5.95 Å². The van der Waals surface area contributed by atoms with Gasteiger partial charge in [0.25, 0.3) is 0 Å². The molecule has 0 amide bonds. The minimum Gasteiger partial charge on any atom is -0.509 e. The van der Waals surface area contributed by atoms with Gasteiger partial charge in [0.15, 0.2) is 0 Å². The van der Waals surface area contributed by atoms with E-state index >= 15 is 0 Å². The number of fused-ring (bicyclic) bond motifs is 4. The summed E-state index contributed by atoms with van der Waals surface area (Å²) >= 11 is 0. The zero-order valence-corrected chi connectivity index (χ0v) is 38.5. The Morgan fingerprint density at radius 1 is 0.565 bits per heavy atom. The smallest absolute Gasteiger partial charge is 0.218 e. The Balaban J connectivity index is 0.00000264. The molecule has 7 heteroatoms. The van der Waals surface area contributed by atoms with Gasteiger partial charge in [0.05, 0.1) is 17.7 Å². The van der Waals surface area contributed by atoms with Crippen LogP contribution in [0.2, 0.25) is 0 Å². The third-order valence-corrected chi connectivity index (χ3v) is 11.4. The average molecular weight is 992 g/mol. The maximum Gasteiger partial charge on any atom is 0.218 e. The number of nitrogens with zero attached hydrogens (tertiary/aromatic N) is 5. The summed E-state index contributed by atoms with van der Waals surface area (Å²) in [4.78, 5) is 9.96. The van der Waals surface area contributed by atoms with E-state index < -0.39 is 0 Å². The largest absolute Gasteiger partial charge is 0.509 e. The molecule has 1 aliphatic rings. The van der Waals surface area contributed by atoms with Gasteiger partial charge in [0, 0.05) is 66.8 Å². The van der Waals surface area contributed by atoms with Crippen LogP contribution in [0.15, 0.2) is 170 Å². The van der Waals surface area contributed by atoms with Crippen molar-refractivity contribution in [3.8, 4) is 34.3 Å². The van der Waals surface area contributed by atoms with Crippen molar-refractivity contribution in [3.05, 3.63) is 195 Å². The van der Waals surface area contributed by atoms with Crippen LogP contribution in [0.1, 0.15) is 47.1 Å². The standard InChI is InChI=1S/C54H47N5O.CH3.Pt/c1-53(2,3)39-30-38(37-18-9-7-10-19-37)31-42(32-39)57-36-56(35-51(57)54(4,5)6)41-22-17-23-43(33-41)60-44-28-29-46-45-24-13-15-26-48(45)59(50(46)34-44)52-55-47-25-14-16-27-49(47)58(52)40-20-11-8-12-21-40;;/h7-32,35H,36H2,1-6H3;1H3;/q-2;-1;. The van der Waals surface area contributed by atoms with Crippen molar-refractivity contribution in [2.75, 3.05) is 16.5 Å². The predicted molar refractivity (Wildman–Crippen MR) is 254 cm³/mol. The SMILES string of the molecule is CC(C)(C)C1=CN(c2[c-]c(Oc3[c-]c4c(cc3)c3ccccc3n4-c3nc4ccccc4n3-c3ccccc3)ccc2)CN1c1cc(-c2ccccc2)cc(C(C)(C)C)c1.[CH3-].[Pt]. The normalized spacial score (nSPS) is 13.0. The van der Waals surface area contributed by atoms with Crippen LogP contribution in [0, 0.1) is 25.0 Å². The summed E-state index contributed by atoms with van der Waals surface area (Å²) < 4.78 is 11.1. The van der Waals surface area contributed by atoms with Gasteiger partial charge in [0.1, 0.15) is 0 Å². The molecule has 6 nitrogen and oxygen atoms in total. The molecule has 3 heterocycles. The van der Waals surface area contributed by atoms with E-state index in [1.165, 1.54) is 28.1 Å². The number of rotatable bonds is 7. The zero-order valence-electron chi connectivity index (χ0n) is 36.3. The quantitative estimate of drug-likeness (QED) is 0.149. The molecule has 314 valence electrons. The Morgan fingerprint density at radius 2 is 1.24 bits per heavy atom. The van der Waals surface area contributed by atoms with E-state index in [0.717, 1.165) is 50.2 Å². The second-order valence-electron chi connectivity index (χ2n) is 17.7. The Labute approximate surface area is 380 Å². The van der Waals surface area contributed by atoms with Crippen molar-refractivity contribution in [3.63, 3.8) is 0 Å². The maximum absolute atomic E-state index is 6.66. The molecule has 0 aliphatic carbocycles. The second kappa shape index (κ2) is 16.5. The Hall–Kier alpha value is -6.36. The topological polar surface area (TPSA) is 38.5 Å². The molecular weight excluding hydrogens is 942 g/mol. The van der Waals surface area contributed by atoms with E-state index in [2.05, 4.69) is 206 Å². The van der Waals surface area contributed by atoms with Crippen LogP contribution >= 0.6 is 0 Å². The van der Waals surface area contributed by atoms with Gasteiger partial charge < -0.3 is 26.5 Å². The fourth-order valence-corrected chi connectivity index (χ4v) is 8.37. The Bertz CT molecular complexity index is 3080. The molecular formula is C55H50N5OPt-3. The van der Waals surface area contributed by atoms with Crippen LogP contribution in [0.5, 0.6) is 11.5 Å². The van der Waals surface area contributed by atoms with Gasteiger partial charge in [-0.1, -0.05) is 138 Å². The molecule has 0 radical (unpaired) electrons. The number of ether oxygens (including phenoxy) is 1. The number of anilines is 2. The summed E-state index contributed by atoms with van der Waals surface area (Å²) in [6.07, 6.45) is 2.27. The van der Waals surface area contributed by atoms with E-state index in [9.17, 15) is 0 Å². The zero-order chi connectivity index (χ0) is 41.2. The Kier molecular flexibility index (Phi) is 11.3. The van der Waals surface area contributed by atoms with Crippen molar-refractivity contribution >= 4 is 44.2 Å². The fraction of sp³-hybridized carbons (Fsp3) is 0.164. The van der Waals surface area contributed by atoms with E-state index in [4.69, 9.17) is 9.72 Å². The summed E-state index contributed by atoms with van der Waals surface area (Å²) in [5.41, 5.74) is 11.9. The minimum absolute atomic E-state index is 0. The molecule has 10 rings (SSSR count). The van der Waals surface area contributed by atoms with E-state index in [1.807, 2.05) is 30.3 Å². The summed E-state index contributed by atoms with van der Waals surface area (Å²) in [5.74, 6) is 2.01. The number of aromatic nitrogens is 3. The van der Waals surface area contributed by atoms with Crippen molar-refractivity contribution in [2.45, 2.75) is 47.0 Å². The van der Waals surface area contributed by atoms with Crippen molar-refractivity contribution in [2.24, 2.45) is 5.41 Å². The molecule has 0 spiro atoms. The molecule has 0 atom stereocenters. The molecule has 9 aromatic rings. The molecule has 0 N–H and O–H groups in total. The van der Waals surface area contributed by atoms with Gasteiger partial charge >= 0.3 is 0 Å². The fourth-order valence-electron chi connectivity index (χ4n) is 8.37. The second-order valence-corrected chi connectivity index (χ2v) is 17.7. The first kappa shape index (κ1) is 42.3. The molecule has 0 saturated heterocycles. The summed E-state index contributed by atoms with van der Waals surface area (Å²) in [6, 6.07) is 62.4. The first-order valence-corrected chi connectivity index (χ1v) is 20.7. The van der Waals surface area contributed by atoms with Crippen LogP contribution < -0.4 is 14.5 Å². The Morgan fingerprint density at radius 3 is 1.98 bits per heavy atom. The van der Waals surface area contributed by atoms with E-state index in [-0.39, 0.29) is 39.3 Å². The van der Waals surface area contributed by atoms with Gasteiger partial charge in [-0.25, -0.2) is 4.98 Å². The molecule has 7 aromatic carbocycles. The maximum atomic E-state index is 6.66. The third kappa shape index (κ3) is 7.73. The molecule has 2 aromatic heterocycles. The number of hydrogen-bond acceptors (Lipinski definition) is 4. The summed E-state index contributed by atoms with van der Waals surface area (Å²) in [6.45, 7) is 14.4. The van der Waals surface area contributed by atoms with E-state index in [1.54, 1.807) is 0 Å².